The Bertz CT molecular complexity index is 826. The summed E-state index contributed by atoms with van der Waals surface area (Å²) in [5.41, 5.74) is -0.427. The minimum absolute atomic E-state index is 0.0243. The molecule has 0 radical (unpaired) electrons. The van der Waals surface area contributed by atoms with Crippen LogP contribution in [0.1, 0.15) is 64.2 Å². The van der Waals surface area contributed by atoms with Gasteiger partial charge in [0.1, 0.15) is 17.3 Å². The Morgan fingerprint density at radius 1 is 1.00 bits per heavy atom. The van der Waals surface area contributed by atoms with Gasteiger partial charge in [-0.15, -0.1) is 11.3 Å². The molecule has 3 rings (SSSR count). The lowest BCUT2D eigenvalue weighted by molar-refractivity contribution is -0.140. The zero-order valence-electron chi connectivity index (χ0n) is 16.1. The van der Waals surface area contributed by atoms with Crippen LogP contribution in [0.5, 0.6) is 0 Å². The van der Waals surface area contributed by atoms with Gasteiger partial charge < -0.3 is 5.11 Å². The van der Waals surface area contributed by atoms with E-state index in [1.807, 2.05) is 39.8 Å². The molecule has 146 valence electrons. The van der Waals surface area contributed by atoms with Gasteiger partial charge in [-0.25, -0.2) is 0 Å². The number of halogens is 1. The first-order valence-electron chi connectivity index (χ1n) is 9.16. The molecule has 0 bridgehead atoms. The van der Waals surface area contributed by atoms with Crippen LogP contribution in [-0.4, -0.2) is 22.5 Å². The van der Waals surface area contributed by atoms with Crippen LogP contribution in [0.15, 0.2) is 27.3 Å². The minimum Gasteiger partial charge on any atom is -0.512 e. The zero-order valence-corrected chi connectivity index (χ0v) is 18.5. The van der Waals surface area contributed by atoms with Crippen LogP contribution in [0.3, 0.4) is 0 Å². The van der Waals surface area contributed by atoms with Crippen molar-refractivity contribution in [2.24, 2.45) is 16.7 Å². The van der Waals surface area contributed by atoms with E-state index in [2.05, 4.69) is 15.9 Å². The van der Waals surface area contributed by atoms with Crippen molar-refractivity contribution in [3.63, 3.8) is 0 Å². The number of hydrogen-bond donors (Lipinski definition) is 1. The Morgan fingerprint density at radius 3 is 2.04 bits per heavy atom. The largest absolute Gasteiger partial charge is 0.512 e. The average molecular weight is 453 g/mol. The molecule has 1 saturated carbocycles. The molecule has 0 spiro atoms. The van der Waals surface area contributed by atoms with Gasteiger partial charge in [-0.3, -0.25) is 14.4 Å². The van der Waals surface area contributed by atoms with E-state index in [1.54, 1.807) is 0 Å². The topological polar surface area (TPSA) is 71.4 Å². The first-order chi connectivity index (χ1) is 12.4. The molecule has 4 nitrogen and oxygen atoms in total. The number of thiophene rings is 1. The van der Waals surface area contributed by atoms with Gasteiger partial charge in [0.15, 0.2) is 5.78 Å². The highest BCUT2D eigenvalue weighted by atomic mass is 79.9. The summed E-state index contributed by atoms with van der Waals surface area (Å²) in [5, 5.41) is 10.7. The molecule has 2 aliphatic rings. The number of aliphatic hydroxyl groups excluding tert-OH is 1. The lowest BCUT2D eigenvalue weighted by Gasteiger charge is -2.38. The summed E-state index contributed by atoms with van der Waals surface area (Å²) in [7, 11) is 0. The van der Waals surface area contributed by atoms with Crippen LogP contribution in [0.2, 0.25) is 0 Å². The molecule has 0 aromatic carbocycles. The molecule has 6 heteroatoms. The first-order valence-corrected chi connectivity index (χ1v) is 10.8. The molecule has 1 unspecified atom stereocenters. The number of hydrogen-bond acceptors (Lipinski definition) is 5. The number of carbonyl (C=O) groups is 3. The molecule has 2 aliphatic carbocycles. The smallest absolute Gasteiger partial charge is 0.163 e. The second-order valence-corrected chi connectivity index (χ2v) is 11.8. The van der Waals surface area contributed by atoms with Crippen molar-refractivity contribution in [2.75, 3.05) is 0 Å². The van der Waals surface area contributed by atoms with Crippen molar-refractivity contribution in [3.8, 4) is 0 Å². The maximum atomic E-state index is 13.0. The van der Waals surface area contributed by atoms with Crippen molar-refractivity contribution >= 4 is 44.6 Å². The molecule has 1 fully saturated rings. The summed E-state index contributed by atoms with van der Waals surface area (Å²) >= 11 is 4.84. The Labute approximate surface area is 172 Å². The lowest BCUT2D eigenvalue weighted by Crippen LogP contribution is -2.42. The maximum absolute atomic E-state index is 13.0. The summed E-state index contributed by atoms with van der Waals surface area (Å²) < 4.78 is 0.863. The van der Waals surface area contributed by atoms with E-state index in [0.29, 0.717) is 25.7 Å². The van der Waals surface area contributed by atoms with Crippen LogP contribution in [0, 0.1) is 16.7 Å². The second kappa shape index (κ2) is 6.96. The van der Waals surface area contributed by atoms with Gasteiger partial charge in [0.2, 0.25) is 0 Å². The van der Waals surface area contributed by atoms with E-state index in [1.165, 1.54) is 11.3 Å². The molecule has 1 heterocycles. The number of rotatable bonds is 3. The van der Waals surface area contributed by atoms with Crippen molar-refractivity contribution in [2.45, 2.75) is 59.3 Å². The monoisotopic (exact) mass is 452 g/mol. The predicted octanol–water partition coefficient (Wildman–Crippen LogP) is 5.37. The molecule has 27 heavy (non-hydrogen) atoms. The normalized spacial score (nSPS) is 24.4. The third-order valence-electron chi connectivity index (χ3n) is 5.44. The summed E-state index contributed by atoms with van der Waals surface area (Å²) in [6.45, 7) is 7.71. The van der Waals surface area contributed by atoms with Crippen LogP contribution >= 0.6 is 27.3 Å². The molecule has 0 aliphatic heterocycles. The lowest BCUT2D eigenvalue weighted by atomic mass is 9.64. The molecule has 1 aromatic heterocycles. The fourth-order valence-corrected chi connectivity index (χ4v) is 5.97. The van der Waals surface area contributed by atoms with Gasteiger partial charge >= 0.3 is 0 Å². The van der Waals surface area contributed by atoms with Gasteiger partial charge in [0.05, 0.1) is 9.70 Å². The number of aliphatic hydroxyl groups is 1. The SMILES string of the molecule is CC1(C)CC(=O)C(C(C2=C(O)CC(C)(C)CC2=O)c2ccc(Br)s2)C(=O)C1. The van der Waals surface area contributed by atoms with Gasteiger partial charge in [-0.1, -0.05) is 27.7 Å². The fraction of sp³-hybridized carbons (Fsp3) is 0.571. The predicted molar refractivity (Wildman–Crippen MR) is 109 cm³/mol. The van der Waals surface area contributed by atoms with Crippen molar-refractivity contribution in [1.82, 2.24) is 0 Å². The first kappa shape index (κ1) is 20.5. The summed E-state index contributed by atoms with van der Waals surface area (Å²) in [4.78, 5) is 39.7. The van der Waals surface area contributed by atoms with Gasteiger partial charge in [0.25, 0.3) is 0 Å². The maximum Gasteiger partial charge on any atom is 0.163 e. The molecule has 1 atom stereocenters. The Kier molecular flexibility index (Phi) is 5.28. The van der Waals surface area contributed by atoms with Crippen LogP contribution in [-0.2, 0) is 14.4 Å². The second-order valence-electron chi connectivity index (χ2n) is 9.35. The fourth-order valence-electron chi connectivity index (χ4n) is 4.40. The van der Waals surface area contributed by atoms with E-state index in [4.69, 9.17) is 0 Å². The Hall–Kier alpha value is -1.27. The van der Waals surface area contributed by atoms with Crippen LogP contribution in [0.25, 0.3) is 0 Å². The molecule has 1 aromatic rings. The minimum atomic E-state index is -0.897. The highest BCUT2D eigenvalue weighted by molar-refractivity contribution is 9.11. The van der Waals surface area contributed by atoms with Gasteiger partial charge in [-0.05, 0) is 38.9 Å². The van der Waals surface area contributed by atoms with E-state index in [0.717, 1.165) is 8.66 Å². The van der Waals surface area contributed by atoms with Crippen LogP contribution in [0.4, 0.5) is 0 Å². The number of allylic oxidation sites excluding steroid dienone is 2. The number of Topliss-reactive ketones (excluding diaryl/α,β-unsaturated/α-hetero) is 3. The Morgan fingerprint density at radius 2 is 1.56 bits per heavy atom. The molecular formula is C21H25BrO4S. The third-order valence-corrected chi connectivity index (χ3v) is 7.15. The highest BCUT2D eigenvalue weighted by Crippen LogP contribution is 2.49. The molecular weight excluding hydrogens is 428 g/mol. The Balaban J connectivity index is 2.13. The highest BCUT2D eigenvalue weighted by Gasteiger charge is 2.48. The van der Waals surface area contributed by atoms with E-state index in [-0.39, 0.29) is 39.5 Å². The number of carbonyl (C=O) groups excluding carboxylic acids is 3. The van der Waals surface area contributed by atoms with Crippen LogP contribution < -0.4 is 0 Å². The summed E-state index contributed by atoms with van der Waals surface area (Å²) in [5.74, 6) is -2.00. The summed E-state index contributed by atoms with van der Waals surface area (Å²) in [6.07, 6.45) is 1.29. The molecule has 0 amide bonds. The average Bonchev–Trinajstić information content (AvgIpc) is 2.87. The summed E-state index contributed by atoms with van der Waals surface area (Å²) in [6, 6.07) is 3.69. The number of ketones is 3. The quantitative estimate of drug-likeness (QED) is 0.625. The van der Waals surface area contributed by atoms with Crippen molar-refractivity contribution < 1.29 is 19.5 Å². The molecule has 0 saturated heterocycles. The van der Waals surface area contributed by atoms with E-state index in [9.17, 15) is 19.5 Å². The van der Waals surface area contributed by atoms with E-state index >= 15 is 0 Å². The van der Waals surface area contributed by atoms with Gasteiger partial charge in [0, 0.05) is 42.1 Å². The third kappa shape index (κ3) is 4.11. The van der Waals surface area contributed by atoms with Crippen molar-refractivity contribution in [3.05, 3.63) is 32.1 Å². The van der Waals surface area contributed by atoms with Crippen molar-refractivity contribution in [1.29, 1.82) is 0 Å². The molecule has 1 N–H and O–H groups in total. The standard InChI is InChI=1S/C21H25BrO4S/c1-20(2)7-11(23)17(12(24)8-20)19(15-5-6-16(22)27-15)18-13(25)9-21(3,4)10-14(18)26/h5-6,17,19,25H,7-10H2,1-4H3. The van der Waals surface area contributed by atoms with Gasteiger partial charge in [-0.2, -0.15) is 0 Å². The zero-order chi connectivity index (χ0) is 20.1. The van der Waals surface area contributed by atoms with E-state index < -0.39 is 11.8 Å².